The van der Waals surface area contributed by atoms with Gasteiger partial charge in [0.05, 0.1) is 6.61 Å². The zero-order valence-electron chi connectivity index (χ0n) is 10.4. The number of ether oxygens (including phenoxy) is 1. The molecule has 0 bridgehead atoms. The van der Waals surface area contributed by atoms with Crippen LogP contribution in [-0.2, 0) is 0 Å². The molecule has 0 radical (unpaired) electrons. The van der Waals surface area contributed by atoms with Crippen molar-refractivity contribution in [3.05, 3.63) is 30.3 Å². The molecule has 0 heterocycles. The molecular weight excluding hydrogens is 198 g/mol. The summed E-state index contributed by atoms with van der Waals surface area (Å²) in [5, 5.41) is 0. The average molecular weight is 221 g/mol. The van der Waals surface area contributed by atoms with Crippen molar-refractivity contribution in [1.82, 2.24) is 0 Å². The molecule has 0 aliphatic carbocycles. The molecule has 0 amide bonds. The van der Waals surface area contributed by atoms with Crippen LogP contribution in [0.15, 0.2) is 30.3 Å². The lowest BCUT2D eigenvalue weighted by Crippen LogP contribution is -2.22. The monoisotopic (exact) mass is 221 g/mol. The standard InChI is InChI=1S/C14H23NO/c1-12(2)11-13(15)7-6-10-16-14-8-4-3-5-9-14/h3-5,8-9,12-13H,6-7,10-11,15H2,1-2H3. The van der Waals surface area contributed by atoms with Gasteiger partial charge in [-0.05, 0) is 37.3 Å². The molecule has 0 spiro atoms. The summed E-state index contributed by atoms with van der Waals surface area (Å²) in [5.74, 6) is 1.63. The number of benzene rings is 1. The highest BCUT2D eigenvalue weighted by molar-refractivity contribution is 5.20. The predicted octanol–water partition coefficient (Wildman–Crippen LogP) is 3.22. The number of rotatable bonds is 7. The summed E-state index contributed by atoms with van der Waals surface area (Å²) in [6, 6.07) is 10.2. The zero-order valence-corrected chi connectivity index (χ0v) is 10.4. The van der Waals surface area contributed by atoms with Crippen molar-refractivity contribution in [3.63, 3.8) is 0 Å². The fourth-order valence-electron chi connectivity index (χ4n) is 1.78. The van der Waals surface area contributed by atoms with Crippen molar-refractivity contribution in [3.8, 4) is 5.75 Å². The van der Waals surface area contributed by atoms with Crippen molar-refractivity contribution in [2.45, 2.75) is 39.2 Å². The minimum absolute atomic E-state index is 0.319. The molecule has 1 aromatic rings. The van der Waals surface area contributed by atoms with Gasteiger partial charge in [0.25, 0.3) is 0 Å². The Morgan fingerprint density at radius 2 is 1.88 bits per heavy atom. The van der Waals surface area contributed by atoms with Gasteiger partial charge in [0.2, 0.25) is 0 Å². The van der Waals surface area contributed by atoms with Crippen molar-refractivity contribution in [2.75, 3.05) is 6.61 Å². The van der Waals surface area contributed by atoms with Gasteiger partial charge < -0.3 is 10.5 Å². The summed E-state index contributed by atoms with van der Waals surface area (Å²) >= 11 is 0. The second-order valence-electron chi connectivity index (χ2n) is 4.69. The number of para-hydroxylation sites is 1. The summed E-state index contributed by atoms with van der Waals surface area (Å²) in [6.45, 7) is 5.18. The van der Waals surface area contributed by atoms with Gasteiger partial charge in [-0.15, -0.1) is 0 Å². The van der Waals surface area contributed by atoms with Crippen molar-refractivity contribution >= 4 is 0 Å². The Bertz CT molecular complexity index is 271. The van der Waals surface area contributed by atoms with E-state index in [0.29, 0.717) is 12.0 Å². The van der Waals surface area contributed by atoms with Crippen molar-refractivity contribution in [2.24, 2.45) is 11.7 Å². The highest BCUT2D eigenvalue weighted by Crippen LogP contribution is 2.11. The van der Waals surface area contributed by atoms with E-state index >= 15 is 0 Å². The van der Waals surface area contributed by atoms with E-state index in [4.69, 9.17) is 10.5 Å². The van der Waals surface area contributed by atoms with Gasteiger partial charge in [0, 0.05) is 6.04 Å². The summed E-state index contributed by atoms with van der Waals surface area (Å²) in [5.41, 5.74) is 6.00. The average Bonchev–Trinajstić information content (AvgIpc) is 2.25. The summed E-state index contributed by atoms with van der Waals surface area (Å²) in [7, 11) is 0. The Morgan fingerprint density at radius 3 is 2.50 bits per heavy atom. The molecule has 0 aliphatic rings. The first-order valence-corrected chi connectivity index (χ1v) is 6.12. The van der Waals surface area contributed by atoms with Crippen LogP contribution < -0.4 is 10.5 Å². The maximum atomic E-state index is 6.00. The van der Waals surface area contributed by atoms with Gasteiger partial charge in [0.15, 0.2) is 0 Å². The van der Waals surface area contributed by atoms with Gasteiger partial charge in [0.1, 0.15) is 5.75 Å². The summed E-state index contributed by atoms with van der Waals surface area (Å²) in [6.07, 6.45) is 3.18. The summed E-state index contributed by atoms with van der Waals surface area (Å²) in [4.78, 5) is 0. The second-order valence-corrected chi connectivity index (χ2v) is 4.69. The van der Waals surface area contributed by atoms with Crippen LogP contribution in [0.1, 0.15) is 33.1 Å². The largest absolute Gasteiger partial charge is 0.494 e. The Morgan fingerprint density at radius 1 is 1.19 bits per heavy atom. The molecule has 2 nitrogen and oxygen atoms in total. The number of hydrogen-bond donors (Lipinski definition) is 1. The first kappa shape index (κ1) is 13.0. The second kappa shape index (κ2) is 7.29. The molecule has 2 heteroatoms. The topological polar surface area (TPSA) is 35.2 Å². The van der Waals surface area contributed by atoms with Crippen LogP contribution in [0.5, 0.6) is 5.75 Å². The highest BCUT2D eigenvalue weighted by Gasteiger charge is 2.04. The Labute approximate surface area is 98.8 Å². The molecular formula is C14H23NO. The van der Waals surface area contributed by atoms with Crippen LogP contribution in [0.3, 0.4) is 0 Å². The highest BCUT2D eigenvalue weighted by atomic mass is 16.5. The number of nitrogens with two attached hydrogens (primary N) is 1. The van der Waals surface area contributed by atoms with Crippen LogP contribution in [0.25, 0.3) is 0 Å². The van der Waals surface area contributed by atoms with Gasteiger partial charge in [-0.2, -0.15) is 0 Å². The minimum Gasteiger partial charge on any atom is -0.494 e. The molecule has 0 saturated heterocycles. The van der Waals surface area contributed by atoms with Crippen molar-refractivity contribution < 1.29 is 4.74 Å². The molecule has 1 aromatic carbocycles. The van der Waals surface area contributed by atoms with Gasteiger partial charge in [-0.1, -0.05) is 32.0 Å². The van der Waals surface area contributed by atoms with Crippen molar-refractivity contribution in [1.29, 1.82) is 0 Å². The molecule has 1 rings (SSSR count). The zero-order chi connectivity index (χ0) is 11.8. The third kappa shape index (κ3) is 5.76. The van der Waals surface area contributed by atoms with Crippen LogP contribution in [0, 0.1) is 5.92 Å². The van der Waals surface area contributed by atoms with Crippen LogP contribution >= 0.6 is 0 Å². The van der Waals surface area contributed by atoms with Gasteiger partial charge in [-0.3, -0.25) is 0 Å². The third-order valence-corrected chi connectivity index (χ3v) is 2.51. The number of hydrogen-bond acceptors (Lipinski definition) is 2. The first-order chi connectivity index (χ1) is 7.68. The molecule has 1 unspecified atom stereocenters. The molecule has 90 valence electrons. The van der Waals surface area contributed by atoms with E-state index < -0.39 is 0 Å². The fraction of sp³-hybridized carbons (Fsp3) is 0.571. The Hall–Kier alpha value is -1.02. The molecule has 2 N–H and O–H groups in total. The van der Waals surface area contributed by atoms with E-state index in [0.717, 1.165) is 31.6 Å². The molecule has 0 saturated carbocycles. The maximum absolute atomic E-state index is 6.00. The third-order valence-electron chi connectivity index (χ3n) is 2.51. The van der Waals surface area contributed by atoms with E-state index in [-0.39, 0.29) is 0 Å². The molecule has 1 atom stereocenters. The van der Waals surface area contributed by atoms with Crippen LogP contribution in [0.4, 0.5) is 0 Å². The lowest BCUT2D eigenvalue weighted by molar-refractivity contribution is 0.297. The Kier molecular flexibility index (Phi) is 5.94. The normalized spacial score (nSPS) is 12.8. The Balaban J connectivity index is 2.08. The quantitative estimate of drug-likeness (QED) is 0.717. The van der Waals surface area contributed by atoms with E-state index in [1.165, 1.54) is 0 Å². The lowest BCUT2D eigenvalue weighted by Gasteiger charge is -2.13. The SMILES string of the molecule is CC(C)CC(N)CCCOc1ccccc1. The minimum atomic E-state index is 0.319. The van der Waals surface area contributed by atoms with E-state index in [2.05, 4.69) is 13.8 Å². The van der Waals surface area contributed by atoms with E-state index in [1.807, 2.05) is 30.3 Å². The molecule has 0 aliphatic heterocycles. The van der Waals surface area contributed by atoms with Gasteiger partial charge >= 0.3 is 0 Å². The smallest absolute Gasteiger partial charge is 0.119 e. The molecule has 0 aromatic heterocycles. The van der Waals surface area contributed by atoms with E-state index in [9.17, 15) is 0 Å². The van der Waals surface area contributed by atoms with Gasteiger partial charge in [-0.25, -0.2) is 0 Å². The molecule has 0 fully saturated rings. The predicted molar refractivity (Wildman–Crippen MR) is 68.6 cm³/mol. The fourth-order valence-corrected chi connectivity index (χ4v) is 1.78. The van der Waals surface area contributed by atoms with Crippen LogP contribution in [-0.4, -0.2) is 12.6 Å². The first-order valence-electron chi connectivity index (χ1n) is 6.12. The lowest BCUT2D eigenvalue weighted by atomic mass is 10.0. The van der Waals surface area contributed by atoms with Crippen LogP contribution in [0.2, 0.25) is 0 Å². The summed E-state index contributed by atoms with van der Waals surface area (Å²) < 4.78 is 5.61. The maximum Gasteiger partial charge on any atom is 0.119 e. The molecule has 16 heavy (non-hydrogen) atoms. The van der Waals surface area contributed by atoms with E-state index in [1.54, 1.807) is 0 Å².